The van der Waals surface area contributed by atoms with Crippen molar-refractivity contribution >= 4 is 59.8 Å². The summed E-state index contributed by atoms with van der Waals surface area (Å²) in [5, 5.41) is 18.6. The number of carbonyl (C=O) groups excluding carboxylic acids is 2. The van der Waals surface area contributed by atoms with E-state index in [0.717, 1.165) is 22.7 Å². The Hall–Kier alpha value is -6.32. The second kappa shape index (κ2) is 28.5. The van der Waals surface area contributed by atoms with Gasteiger partial charge in [0.25, 0.3) is 14.4 Å². The van der Waals surface area contributed by atoms with E-state index in [9.17, 15) is 14.9 Å². The minimum absolute atomic E-state index is 0.0335. The summed E-state index contributed by atoms with van der Waals surface area (Å²) >= 11 is 0. The van der Waals surface area contributed by atoms with Crippen molar-refractivity contribution in [2.45, 2.75) is 141 Å². The number of benzene rings is 4. The first-order valence-corrected chi connectivity index (χ1v) is 36.1. The highest BCUT2D eigenvalue weighted by Crippen LogP contribution is 2.53. The molecule has 2 amide bonds. The summed E-state index contributed by atoms with van der Waals surface area (Å²) in [4.78, 5) is 41.5. The number of methoxy groups -OCH3 is 2. The zero-order valence-corrected chi connectivity index (χ0v) is 53.5. The Morgan fingerprint density at radius 1 is 0.795 bits per heavy atom. The quantitative estimate of drug-likeness (QED) is 0.0180. The summed E-state index contributed by atoms with van der Waals surface area (Å²) in [6, 6.07) is 37.6. The van der Waals surface area contributed by atoms with Gasteiger partial charge in [0.05, 0.1) is 52.9 Å². The van der Waals surface area contributed by atoms with Gasteiger partial charge in [-0.05, 0) is 105 Å². The molecule has 19 nitrogen and oxygen atoms in total. The van der Waals surface area contributed by atoms with Crippen LogP contribution >= 0.6 is 8.53 Å². The van der Waals surface area contributed by atoms with Crippen molar-refractivity contribution in [3.05, 3.63) is 138 Å². The zero-order chi connectivity index (χ0) is 60.1. The van der Waals surface area contributed by atoms with Crippen molar-refractivity contribution < 1.29 is 46.7 Å². The predicted octanol–water partition coefficient (Wildman–Crippen LogP) is 12.5. The molecule has 2 aromatic heterocycles. The van der Waals surface area contributed by atoms with Crippen molar-refractivity contribution in [2.24, 2.45) is 0 Å². The summed E-state index contributed by atoms with van der Waals surface area (Å²) in [6.07, 6.45) is -2.41. The van der Waals surface area contributed by atoms with Crippen molar-refractivity contribution in [3.8, 4) is 17.6 Å². The Morgan fingerprint density at radius 2 is 1.39 bits per heavy atom. The fraction of sp³-hybridized carbons (Fsp3) is 0.475. The van der Waals surface area contributed by atoms with E-state index in [1.54, 1.807) is 49.4 Å². The molecule has 22 heteroatoms. The second-order valence-electron chi connectivity index (χ2n) is 23.7. The summed E-state index contributed by atoms with van der Waals surface area (Å²) in [5.74, 6) is 1.23. The molecule has 83 heavy (non-hydrogen) atoms. The van der Waals surface area contributed by atoms with Crippen molar-refractivity contribution in [3.63, 3.8) is 0 Å². The first-order chi connectivity index (χ1) is 39.5. The van der Waals surface area contributed by atoms with Crippen molar-refractivity contribution in [1.82, 2.24) is 29.5 Å². The first kappa shape index (κ1) is 64.2. The summed E-state index contributed by atoms with van der Waals surface area (Å²) < 4.78 is 57.8. The van der Waals surface area contributed by atoms with E-state index in [2.05, 4.69) is 120 Å². The van der Waals surface area contributed by atoms with Gasteiger partial charge >= 0.3 is 6.09 Å². The van der Waals surface area contributed by atoms with Crippen LogP contribution in [0.1, 0.15) is 88.2 Å². The highest BCUT2D eigenvalue weighted by Gasteiger charge is 2.55. The SMILES string of the molecule is COc1ccc(C(OC[C@H]2O[C@@H](n3cnc4c(NC(=O)c5ccccc5)nc(NCCNC(=O)OCC[Si](C)(C)C)nc43)[C@H](OP(OCCC#N)N(C(C)C)C(C)C)[C@@H]2O[Si](C)(C)C(C)(C)C)(c2ccccc2)c2ccc(OC)cc2)cc1. The molecule has 0 spiro atoms. The molecule has 1 fully saturated rings. The molecule has 1 saturated heterocycles. The van der Waals surface area contributed by atoms with Gasteiger partial charge in [-0.1, -0.05) is 113 Å². The van der Waals surface area contributed by atoms with E-state index < -0.39 is 67.1 Å². The Morgan fingerprint density at radius 3 is 1.94 bits per heavy atom. The van der Waals surface area contributed by atoms with Crippen LogP contribution in [-0.4, -0.2) is 130 Å². The highest BCUT2D eigenvalue weighted by molar-refractivity contribution is 7.44. The smallest absolute Gasteiger partial charge is 0.407 e. The zero-order valence-electron chi connectivity index (χ0n) is 50.6. The Labute approximate surface area is 493 Å². The van der Waals surface area contributed by atoms with E-state index in [4.69, 9.17) is 52.1 Å². The maximum absolute atomic E-state index is 14.0. The van der Waals surface area contributed by atoms with Crippen LogP contribution in [0.3, 0.4) is 0 Å². The molecule has 7 rings (SSSR count). The average Bonchev–Trinajstić information content (AvgIpc) is 2.52. The van der Waals surface area contributed by atoms with E-state index in [1.807, 2.05) is 72.8 Å². The lowest BCUT2D eigenvalue weighted by atomic mass is 9.80. The summed E-state index contributed by atoms with van der Waals surface area (Å²) in [7, 11) is -2.81. The number of aromatic nitrogens is 4. The van der Waals surface area contributed by atoms with Gasteiger partial charge in [-0.15, -0.1) is 0 Å². The van der Waals surface area contributed by atoms with E-state index in [1.165, 1.54) is 0 Å². The summed E-state index contributed by atoms with van der Waals surface area (Å²) in [6.45, 7) is 26.8. The maximum Gasteiger partial charge on any atom is 0.407 e. The predicted molar refractivity (Wildman–Crippen MR) is 330 cm³/mol. The maximum atomic E-state index is 14.0. The third-order valence-corrected chi connectivity index (χ3v) is 23.1. The molecule has 0 saturated carbocycles. The van der Waals surface area contributed by atoms with Crippen LogP contribution in [0, 0.1) is 11.3 Å². The fourth-order valence-corrected chi connectivity index (χ4v) is 13.2. The van der Waals surface area contributed by atoms with Crippen LogP contribution in [0.15, 0.2) is 116 Å². The number of fused-ring (bicyclic) bond motifs is 1. The number of amides is 2. The van der Waals surface area contributed by atoms with Crippen molar-refractivity contribution in [2.75, 3.05) is 57.8 Å². The highest BCUT2D eigenvalue weighted by atomic mass is 31.2. The molecule has 1 aliphatic heterocycles. The number of carbonyl (C=O) groups is 2. The molecular formula is C61H84N9O10PSi2. The molecule has 1 aliphatic rings. The van der Waals surface area contributed by atoms with Gasteiger partial charge in [0.1, 0.15) is 35.4 Å². The van der Waals surface area contributed by atoms with Crippen molar-refractivity contribution in [1.29, 1.82) is 5.26 Å². The number of imidazole rings is 1. The molecule has 0 bridgehead atoms. The number of nitriles is 1. The largest absolute Gasteiger partial charge is 0.497 e. The average molecular weight is 1190 g/mol. The number of nitrogens with zero attached hydrogens (tertiary/aromatic N) is 6. The molecule has 4 aromatic carbocycles. The third-order valence-electron chi connectivity index (χ3n) is 14.8. The molecule has 0 radical (unpaired) electrons. The van der Waals surface area contributed by atoms with Crippen LogP contribution in [0.4, 0.5) is 16.6 Å². The molecule has 0 aliphatic carbocycles. The van der Waals surface area contributed by atoms with Gasteiger partial charge in [0.2, 0.25) is 5.95 Å². The number of alkyl carbamates (subject to hydrolysis) is 1. The lowest BCUT2D eigenvalue weighted by molar-refractivity contribution is -0.0928. The van der Waals surface area contributed by atoms with Gasteiger partial charge in [-0.3, -0.25) is 9.36 Å². The standard InChI is InChI=1S/C61H84N9O10PSi2/c1-42(2)70(43(3)4)81(77-37-21-34-62)79-53-52(80-83(13,14)60(5,6)7)50(40-76-61(45-24-19-16-20-25-45,46-26-30-48(73-8)31-27-46)47-28-32-49(74-9)33-29-47)78-57(53)69-41-65-51-54(66-56(71)44-22-17-15-18-23-44)67-58(68-55(51)69)63-35-36-64-59(72)75-38-39-82(10,11)12/h15-20,22-33,41-43,50,52-53,57H,21,35-40H2,1-14H3,(H,64,72)(H2,63,66,67,68,71)/t50-,52-,53-,57-,81?/m1/s1. The number of hydrogen-bond donors (Lipinski definition) is 3. The van der Waals surface area contributed by atoms with Crippen LogP contribution in [0.25, 0.3) is 11.2 Å². The van der Waals surface area contributed by atoms with E-state index in [0.29, 0.717) is 29.3 Å². The second-order valence-corrected chi connectivity index (χ2v) is 35.5. The minimum Gasteiger partial charge on any atom is -0.497 e. The number of nitrogens with one attached hydrogen (secondary N) is 3. The van der Waals surface area contributed by atoms with Gasteiger partial charge < -0.3 is 53.1 Å². The normalized spacial score (nSPS) is 17.2. The lowest BCUT2D eigenvalue weighted by Crippen LogP contribution is -2.51. The lowest BCUT2D eigenvalue weighted by Gasteiger charge is -2.43. The molecule has 446 valence electrons. The van der Waals surface area contributed by atoms with E-state index in [-0.39, 0.29) is 67.1 Å². The van der Waals surface area contributed by atoms with Gasteiger partial charge in [0, 0.05) is 38.8 Å². The van der Waals surface area contributed by atoms with Crippen LogP contribution in [0.5, 0.6) is 11.5 Å². The molecule has 3 heterocycles. The molecule has 5 atom stereocenters. The first-order valence-electron chi connectivity index (χ1n) is 28.3. The van der Waals surface area contributed by atoms with Gasteiger partial charge in [-0.2, -0.15) is 15.2 Å². The summed E-state index contributed by atoms with van der Waals surface area (Å²) in [5.41, 5.74) is 2.25. The molecule has 6 aromatic rings. The Bertz CT molecular complexity index is 3030. The number of anilines is 2. The Balaban J connectivity index is 1.40. The van der Waals surface area contributed by atoms with Gasteiger partial charge in [0.15, 0.2) is 31.5 Å². The topological polar surface area (TPSA) is 215 Å². The molecule has 3 N–H and O–H groups in total. The van der Waals surface area contributed by atoms with E-state index >= 15 is 0 Å². The minimum atomic E-state index is -2.75. The number of hydrogen-bond acceptors (Lipinski definition) is 16. The third kappa shape index (κ3) is 16.1. The fourth-order valence-electron chi connectivity index (χ4n) is 9.40. The molecule has 1 unspecified atom stereocenters. The monoisotopic (exact) mass is 1190 g/mol. The van der Waals surface area contributed by atoms with Gasteiger partial charge in [-0.25, -0.2) is 14.4 Å². The van der Waals surface area contributed by atoms with Crippen LogP contribution in [-0.2, 0) is 33.3 Å². The number of ether oxygens (including phenoxy) is 5. The Kier molecular flexibility index (Phi) is 22.1. The van der Waals surface area contributed by atoms with Crippen LogP contribution < -0.4 is 25.4 Å². The van der Waals surface area contributed by atoms with Crippen LogP contribution in [0.2, 0.25) is 43.8 Å². The molecular weight excluding hydrogens is 1110 g/mol. The number of rotatable bonds is 28.